The van der Waals surface area contributed by atoms with Gasteiger partial charge in [-0.1, -0.05) is 6.07 Å². The van der Waals surface area contributed by atoms with E-state index < -0.39 is 11.7 Å². The minimum atomic E-state index is -4.45. The number of halogens is 3. The smallest absolute Gasteiger partial charge is 0.352 e. The molecule has 34 heavy (non-hydrogen) atoms. The van der Waals surface area contributed by atoms with Crippen molar-refractivity contribution in [3.63, 3.8) is 0 Å². The van der Waals surface area contributed by atoms with Crippen molar-refractivity contribution in [3.8, 4) is 5.69 Å². The number of benzene rings is 1. The Morgan fingerprint density at radius 3 is 2.53 bits per heavy atom. The third-order valence-electron chi connectivity index (χ3n) is 5.82. The summed E-state index contributed by atoms with van der Waals surface area (Å²) in [6, 6.07) is 6.68. The number of anilines is 1. The molecule has 1 amide bonds. The van der Waals surface area contributed by atoms with Gasteiger partial charge >= 0.3 is 6.18 Å². The van der Waals surface area contributed by atoms with Crippen molar-refractivity contribution in [2.45, 2.75) is 19.5 Å². The van der Waals surface area contributed by atoms with Crippen LogP contribution in [0.4, 0.5) is 19.1 Å². The largest absolute Gasteiger partial charge is 0.416 e. The minimum Gasteiger partial charge on any atom is -0.352 e. The van der Waals surface area contributed by atoms with Gasteiger partial charge in [0, 0.05) is 45.1 Å². The molecule has 0 saturated carbocycles. The van der Waals surface area contributed by atoms with E-state index in [9.17, 15) is 18.0 Å². The van der Waals surface area contributed by atoms with Gasteiger partial charge in [-0.05, 0) is 44.2 Å². The Hall–Kier alpha value is -3.47. The summed E-state index contributed by atoms with van der Waals surface area (Å²) in [5, 5.41) is 7.01. The molecule has 0 unspecified atom stereocenters. The molecule has 1 aliphatic heterocycles. The van der Waals surface area contributed by atoms with E-state index in [0.717, 1.165) is 57.2 Å². The summed E-state index contributed by atoms with van der Waals surface area (Å²) < 4.78 is 40.4. The Balaban J connectivity index is 1.25. The lowest BCUT2D eigenvalue weighted by atomic mass is 10.2. The van der Waals surface area contributed by atoms with Crippen molar-refractivity contribution in [2.24, 2.45) is 0 Å². The third-order valence-corrected chi connectivity index (χ3v) is 5.82. The first-order valence-corrected chi connectivity index (χ1v) is 11.1. The molecule has 1 fully saturated rings. The molecule has 3 heterocycles. The normalized spacial score (nSPS) is 14.9. The highest BCUT2D eigenvalue weighted by Crippen LogP contribution is 2.30. The molecule has 8 nitrogen and oxygen atoms in total. The Morgan fingerprint density at radius 2 is 1.82 bits per heavy atom. The van der Waals surface area contributed by atoms with Crippen molar-refractivity contribution in [1.82, 2.24) is 30.0 Å². The van der Waals surface area contributed by atoms with Gasteiger partial charge in [0.15, 0.2) is 0 Å². The lowest BCUT2D eigenvalue weighted by Gasteiger charge is -2.34. The van der Waals surface area contributed by atoms with E-state index in [0.29, 0.717) is 17.8 Å². The van der Waals surface area contributed by atoms with Crippen molar-refractivity contribution in [2.75, 3.05) is 44.2 Å². The van der Waals surface area contributed by atoms with Crippen LogP contribution in [0.3, 0.4) is 0 Å². The molecule has 1 saturated heterocycles. The van der Waals surface area contributed by atoms with E-state index in [4.69, 9.17) is 0 Å². The van der Waals surface area contributed by atoms with Crippen LogP contribution < -0.4 is 10.2 Å². The van der Waals surface area contributed by atoms with Gasteiger partial charge in [-0.3, -0.25) is 9.69 Å². The van der Waals surface area contributed by atoms with Gasteiger partial charge < -0.3 is 10.2 Å². The van der Waals surface area contributed by atoms with E-state index in [1.807, 2.05) is 0 Å². The number of hydrogen-bond donors (Lipinski definition) is 1. The van der Waals surface area contributed by atoms with Crippen LogP contribution in [-0.2, 0) is 6.18 Å². The molecule has 0 bridgehead atoms. The van der Waals surface area contributed by atoms with Crippen LogP contribution in [-0.4, -0.2) is 69.8 Å². The van der Waals surface area contributed by atoms with E-state index >= 15 is 0 Å². The quantitative estimate of drug-likeness (QED) is 0.532. The number of rotatable bonds is 7. The minimum absolute atomic E-state index is 0.256. The van der Waals surface area contributed by atoms with Gasteiger partial charge in [-0.25, -0.2) is 14.6 Å². The molecule has 0 atom stereocenters. The van der Waals surface area contributed by atoms with Crippen molar-refractivity contribution in [3.05, 3.63) is 65.7 Å². The molecule has 3 aromatic rings. The number of nitrogens with one attached hydrogen (secondary N) is 1. The highest BCUT2D eigenvalue weighted by atomic mass is 19.4. The number of nitrogens with zero attached hydrogens (tertiary/aromatic N) is 6. The predicted molar refractivity (Wildman–Crippen MR) is 121 cm³/mol. The Kier molecular flexibility index (Phi) is 7.11. The second-order valence-electron chi connectivity index (χ2n) is 8.09. The summed E-state index contributed by atoms with van der Waals surface area (Å²) in [5.74, 6) is 0.456. The van der Waals surface area contributed by atoms with Crippen LogP contribution >= 0.6 is 0 Å². The molecule has 0 spiro atoms. The van der Waals surface area contributed by atoms with Crippen molar-refractivity contribution < 1.29 is 18.0 Å². The molecular formula is C23H26F3N7O. The first-order valence-electron chi connectivity index (χ1n) is 11.1. The van der Waals surface area contributed by atoms with Crippen LogP contribution in [0.5, 0.6) is 0 Å². The monoisotopic (exact) mass is 473 g/mol. The number of carbonyl (C=O) groups excluding carboxylic acids is 1. The summed E-state index contributed by atoms with van der Waals surface area (Å²) in [6.07, 6.45) is 1.20. The molecular weight excluding hydrogens is 447 g/mol. The van der Waals surface area contributed by atoms with Gasteiger partial charge in [-0.2, -0.15) is 18.3 Å². The first-order chi connectivity index (χ1) is 16.3. The summed E-state index contributed by atoms with van der Waals surface area (Å²) >= 11 is 0. The maximum Gasteiger partial charge on any atom is 0.416 e. The van der Waals surface area contributed by atoms with E-state index in [-0.39, 0.29) is 11.6 Å². The Bertz CT molecular complexity index is 1110. The highest BCUT2D eigenvalue weighted by molar-refractivity contribution is 5.95. The molecule has 0 aliphatic carbocycles. The zero-order chi connectivity index (χ0) is 24.1. The SMILES string of the molecule is Cc1c(C(=O)NCCCN2CCN(c3ncccn3)CC2)cnn1-c1cccc(C(F)(F)F)c1. The molecule has 4 rings (SSSR count). The number of hydrogen-bond acceptors (Lipinski definition) is 6. The molecule has 180 valence electrons. The van der Waals surface area contributed by atoms with Gasteiger partial charge in [0.05, 0.1) is 28.7 Å². The lowest BCUT2D eigenvalue weighted by molar-refractivity contribution is -0.137. The summed E-state index contributed by atoms with van der Waals surface area (Å²) in [5.41, 5.74) is 0.319. The molecule has 1 aromatic carbocycles. The molecule has 0 radical (unpaired) electrons. The van der Waals surface area contributed by atoms with Crippen molar-refractivity contribution in [1.29, 1.82) is 0 Å². The van der Waals surface area contributed by atoms with Crippen LogP contribution in [0.15, 0.2) is 48.9 Å². The fourth-order valence-corrected chi connectivity index (χ4v) is 3.93. The summed E-state index contributed by atoms with van der Waals surface area (Å²) in [4.78, 5) is 25.7. The molecule has 1 aliphatic rings. The predicted octanol–water partition coefficient (Wildman–Crippen LogP) is 2.93. The molecule has 11 heteroatoms. The zero-order valence-corrected chi connectivity index (χ0v) is 18.8. The second kappa shape index (κ2) is 10.2. The topological polar surface area (TPSA) is 79.2 Å². The molecule has 1 N–H and O–H groups in total. The van der Waals surface area contributed by atoms with Gasteiger partial charge in [0.2, 0.25) is 5.95 Å². The third kappa shape index (κ3) is 5.53. The number of alkyl halides is 3. The Morgan fingerprint density at radius 1 is 1.09 bits per heavy atom. The van der Waals surface area contributed by atoms with Crippen LogP contribution in [0.2, 0.25) is 0 Å². The number of aromatic nitrogens is 4. The summed E-state index contributed by atoms with van der Waals surface area (Å²) in [6.45, 7) is 6.51. The average molecular weight is 474 g/mol. The zero-order valence-electron chi connectivity index (χ0n) is 18.8. The van der Waals surface area contributed by atoms with E-state index in [1.165, 1.54) is 23.0 Å². The number of carbonyl (C=O) groups is 1. The van der Waals surface area contributed by atoms with Gasteiger partial charge in [0.1, 0.15) is 0 Å². The first kappa shape index (κ1) is 23.7. The van der Waals surface area contributed by atoms with Gasteiger partial charge in [-0.15, -0.1) is 0 Å². The maximum atomic E-state index is 13.0. The van der Waals surface area contributed by atoms with Crippen LogP contribution in [0, 0.1) is 6.92 Å². The van der Waals surface area contributed by atoms with Crippen LogP contribution in [0.25, 0.3) is 5.69 Å². The highest BCUT2D eigenvalue weighted by Gasteiger charge is 2.30. The Labute approximate surface area is 195 Å². The van der Waals surface area contributed by atoms with E-state index in [2.05, 4.69) is 30.2 Å². The average Bonchev–Trinajstić information content (AvgIpc) is 3.23. The lowest BCUT2D eigenvalue weighted by Crippen LogP contribution is -2.47. The van der Waals surface area contributed by atoms with Gasteiger partial charge in [0.25, 0.3) is 5.91 Å². The second-order valence-corrected chi connectivity index (χ2v) is 8.09. The fourth-order valence-electron chi connectivity index (χ4n) is 3.93. The van der Waals surface area contributed by atoms with E-state index in [1.54, 1.807) is 25.4 Å². The van der Waals surface area contributed by atoms with Crippen LogP contribution in [0.1, 0.15) is 28.0 Å². The number of piperazine rings is 1. The molecule has 2 aromatic heterocycles. The summed E-state index contributed by atoms with van der Waals surface area (Å²) in [7, 11) is 0. The number of amides is 1. The van der Waals surface area contributed by atoms with Crippen molar-refractivity contribution >= 4 is 11.9 Å². The fraction of sp³-hybridized carbons (Fsp3) is 0.391. The maximum absolute atomic E-state index is 13.0. The standard InChI is InChI=1S/C23H26F3N7O/c1-17-20(16-30-33(17)19-6-2-5-18(15-19)23(24,25)26)21(34)27-9-4-10-31-11-13-32(14-12-31)22-28-7-3-8-29-22/h2-3,5-8,15-16H,4,9-14H2,1H3,(H,27,34).